The molecule has 0 rings (SSSR count). The van der Waals surface area contributed by atoms with E-state index in [4.69, 9.17) is 30.4 Å². The zero-order valence-electron chi connectivity index (χ0n) is 29.5. The monoisotopic (exact) mass is 709 g/mol. The van der Waals surface area contributed by atoms with Crippen LogP contribution in [-0.2, 0) is 42.9 Å². The lowest BCUT2D eigenvalue weighted by Gasteiger charge is -2.30. The molecule has 0 saturated carbocycles. The normalized spacial score (nSPS) is 14.5. The van der Waals surface area contributed by atoms with E-state index in [9.17, 15) is 34.2 Å². The van der Waals surface area contributed by atoms with Crippen LogP contribution in [0.25, 0.3) is 0 Å². The number of aliphatic hydroxyl groups is 2. The predicted molar refractivity (Wildman–Crippen MR) is 180 cm³/mol. The molecule has 0 heterocycles. The number of thioether (sulfide) groups is 1. The Balaban J connectivity index is 4.56. The Hall–Kier alpha value is -2.54. The first-order valence-corrected chi connectivity index (χ1v) is 17.3. The van der Waals surface area contributed by atoms with Crippen LogP contribution < -0.4 is 27.4 Å². The highest BCUT2D eigenvalue weighted by molar-refractivity contribution is 7.99. The van der Waals surface area contributed by atoms with E-state index in [1.165, 1.54) is 11.8 Å². The van der Waals surface area contributed by atoms with Gasteiger partial charge in [0.15, 0.2) is 0 Å². The van der Waals surface area contributed by atoms with E-state index in [2.05, 4.69) is 16.0 Å². The van der Waals surface area contributed by atoms with E-state index in [1.54, 1.807) is 20.8 Å². The van der Waals surface area contributed by atoms with Crippen molar-refractivity contribution < 1.29 is 53.1 Å². The summed E-state index contributed by atoms with van der Waals surface area (Å²) in [4.78, 5) is 59.6. The van der Waals surface area contributed by atoms with E-state index in [-0.39, 0.29) is 50.1 Å². The van der Waals surface area contributed by atoms with Crippen LogP contribution in [0.3, 0.4) is 0 Å². The fourth-order valence-corrected chi connectivity index (χ4v) is 4.70. The van der Waals surface area contributed by atoms with Gasteiger partial charge in [-0.15, -0.1) is 0 Å². The topological polar surface area (TPSA) is 251 Å². The molecule has 17 heteroatoms. The predicted octanol–water partition coefficient (Wildman–Crippen LogP) is -0.685. The van der Waals surface area contributed by atoms with Crippen LogP contribution >= 0.6 is 11.8 Å². The lowest BCUT2D eigenvalue weighted by Crippen LogP contribution is -2.54. The van der Waals surface area contributed by atoms with Gasteiger partial charge < -0.3 is 51.3 Å². The summed E-state index contributed by atoms with van der Waals surface area (Å²) in [6.45, 7) is 12.4. The number of carbonyl (C=O) groups is 5. The Labute approximate surface area is 288 Å². The van der Waals surface area contributed by atoms with Gasteiger partial charge in [-0.25, -0.2) is 0 Å². The summed E-state index contributed by atoms with van der Waals surface area (Å²) in [5, 5.41) is 27.3. The second kappa shape index (κ2) is 23.8. The number of primary amides is 1. The Morgan fingerprint density at radius 3 is 2.15 bits per heavy atom. The molecule has 48 heavy (non-hydrogen) atoms. The highest BCUT2D eigenvalue weighted by atomic mass is 32.2. The summed E-state index contributed by atoms with van der Waals surface area (Å²) in [5.41, 5.74) is 9.95. The fraction of sp³-hybridized carbons (Fsp3) is 0.839. The number of ether oxygens (including phenoxy) is 4. The number of nitrogens with two attached hydrogens (primary N) is 2. The number of hydrogen-bond acceptors (Lipinski definition) is 14. The number of carbonyl (C=O) groups excluding carboxylic acids is 5. The summed E-state index contributed by atoms with van der Waals surface area (Å²) in [7, 11) is 0. The maximum absolute atomic E-state index is 12.6. The number of esters is 2. The average molecular weight is 710 g/mol. The van der Waals surface area contributed by atoms with Crippen molar-refractivity contribution in [3.63, 3.8) is 0 Å². The van der Waals surface area contributed by atoms with Crippen molar-refractivity contribution in [1.29, 1.82) is 0 Å². The number of aliphatic hydroxyl groups excluding tert-OH is 2. The van der Waals surface area contributed by atoms with Crippen LogP contribution in [0, 0.1) is 5.92 Å². The molecule has 3 amide bonds. The molecule has 0 aromatic rings. The highest BCUT2D eigenvalue weighted by Gasteiger charge is 2.26. The molecule has 0 spiro atoms. The Morgan fingerprint density at radius 2 is 1.56 bits per heavy atom. The van der Waals surface area contributed by atoms with Crippen LogP contribution in [0.4, 0.5) is 0 Å². The minimum atomic E-state index is -1.23. The molecule has 280 valence electrons. The van der Waals surface area contributed by atoms with Crippen LogP contribution in [0.2, 0.25) is 0 Å². The zero-order chi connectivity index (χ0) is 36.9. The summed E-state index contributed by atoms with van der Waals surface area (Å²) >= 11 is 1.22. The van der Waals surface area contributed by atoms with Gasteiger partial charge in [-0.3, -0.25) is 29.3 Å². The van der Waals surface area contributed by atoms with Crippen molar-refractivity contribution in [1.82, 2.24) is 16.0 Å². The van der Waals surface area contributed by atoms with E-state index in [1.807, 2.05) is 27.7 Å². The van der Waals surface area contributed by atoms with Gasteiger partial charge in [-0.2, -0.15) is 11.8 Å². The molecular formula is C31H59N5O11S. The van der Waals surface area contributed by atoms with E-state index >= 15 is 0 Å². The number of hydrogen-bond donors (Lipinski definition) is 7. The van der Waals surface area contributed by atoms with Gasteiger partial charge in [0.25, 0.3) is 0 Å². The smallest absolute Gasteiger partial charge is 0.308 e. The van der Waals surface area contributed by atoms with Gasteiger partial charge in [0.05, 0.1) is 49.5 Å². The molecule has 1 unspecified atom stereocenters. The molecule has 0 radical (unpaired) electrons. The molecule has 9 N–H and O–H groups in total. The first-order chi connectivity index (χ1) is 22.3. The minimum Gasteiger partial charge on any atom is -0.462 e. The first kappa shape index (κ1) is 45.5. The van der Waals surface area contributed by atoms with Crippen LogP contribution in [0.1, 0.15) is 74.1 Å². The van der Waals surface area contributed by atoms with Crippen molar-refractivity contribution in [3.05, 3.63) is 0 Å². The van der Waals surface area contributed by atoms with E-state index in [0.29, 0.717) is 25.9 Å². The quantitative estimate of drug-likeness (QED) is 0.0317. The van der Waals surface area contributed by atoms with Gasteiger partial charge >= 0.3 is 11.9 Å². The highest BCUT2D eigenvalue weighted by Crippen LogP contribution is 2.21. The van der Waals surface area contributed by atoms with Crippen LogP contribution in [-0.4, -0.2) is 127 Å². The van der Waals surface area contributed by atoms with Crippen LogP contribution in [0.15, 0.2) is 0 Å². The van der Waals surface area contributed by atoms with Crippen molar-refractivity contribution in [2.45, 2.75) is 110 Å². The number of rotatable bonds is 27. The SMILES string of the molecule is CCC(=O)OC[C@H](CSC[C@H](N)C(=O)N[C@@H](CO)C(=O)NCCOC(C)(C)CCOC(C)(C)CCC(O)NCC(N)=O)OC(=O)C(C)C. The molecule has 0 aromatic heterocycles. The molecule has 0 aromatic carbocycles. The Bertz CT molecular complexity index is 1000. The first-order valence-electron chi connectivity index (χ1n) is 16.2. The zero-order valence-corrected chi connectivity index (χ0v) is 30.3. The summed E-state index contributed by atoms with van der Waals surface area (Å²) < 4.78 is 22.4. The molecule has 0 saturated heterocycles. The van der Waals surface area contributed by atoms with Crippen LogP contribution in [0.5, 0.6) is 0 Å². The van der Waals surface area contributed by atoms with Crippen molar-refractivity contribution in [2.24, 2.45) is 17.4 Å². The summed E-state index contributed by atoms with van der Waals surface area (Å²) in [5.74, 6) is -2.72. The standard InChI is InChI=1S/C31H59N5O11S/c1-8-26(40)44-17-21(47-29(43)20(2)3)18-48-19-22(32)27(41)36-23(16-37)28(42)34-12-14-46-31(6,7)11-13-45-30(4,5)10-9-25(39)35-15-24(33)38/h20-23,25,35,37,39H,8-19,32H2,1-7H3,(H2,33,38)(H,34,42)(H,36,41)/t21-,22+,23+,25?/m1/s1. The van der Waals surface area contributed by atoms with E-state index in [0.717, 1.165) is 0 Å². The lowest BCUT2D eigenvalue weighted by molar-refractivity contribution is -0.160. The summed E-state index contributed by atoms with van der Waals surface area (Å²) in [6.07, 6.45) is 0.0373. The number of nitrogens with one attached hydrogen (secondary N) is 3. The van der Waals surface area contributed by atoms with Gasteiger partial charge in [-0.1, -0.05) is 20.8 Å². The molecule has 4 atom stereocenters. The molecule has 16 nitrogen and oxygen atoms in total. The second-order valence-corrected chi connectivity index (χ2v) is 13.9. The molecule has 0 fully saturated rings. The third-order valence-corrected chi connectivity index (χ3v) is 8.05. The van der Waals surface area contributed by atoms with Gasteiger partial charge in [0.2, 0.25) is 17.7 Å². The van der Waals surface area contributed by atoms with Gasteiger partial charge in [0.1, 0.15) is 25.0 Å². The third-order valence-electron chi connectivity index (χ3n) is 6.85. The Morgan fingerprint density at radius 1 is 0.938 bits per heavy atom. The largest absolute Gasteiger partial charge is 0.462 e. The molecule has 0 aliphatic heterocycles. The lowest BCUT2D eigenvalue weighted by atomic mass is 10.0. The molecule has 0 bridgehead atoms. The van der Waals surface area contributed by atoms with E-state index < -0.39 is 71.9 Å². The molecular weight excluding hydrogens is 650 g/mol. The summed E-state index contributed by atoms with van der Waals surface area (Å²) in [6, 6.07) is -2.26. The maximum atomic E-state index is 12.6. The second-order valence-electron chi connectivity index (χ2n) is 12.8. The molecule has 0 aliphatic carbocycles. The van der Waals surface area contributed by atoms with Gasteiger partial charge in [0, 0.05) is 24.5 Å². The average Bonchev–Trinajstić information content (AvgIpc) is 3.01. The fourth-order valence-electron chi connectivity index (χ4n) is 3.73. The molecule has 0 aliphatic rings. The minimum absolute atomic E-state index is 0.110. The van der Waals surface area contributed by atoms with Gasteiger partial charge in [-0.05, 0) is 47.0 Å². The third kappa shape index (κ3) is 22.2. The maximum Gasteiger partial charge on any atom is 0.308 e. The van der Waals surface area contributed by atoms with Crippen molar-refractivity contribution in [3.8, 4) is 0 Å². The Kier molecular flexibility index (Phi) is 22.5. The van der Waals surface area contributed by atoms with Crippen molar-refractivity contribution in [2.75, 3.05) is 51.0 Å². The number of amides is 3. The van der Waals surface area contributed by atoms with Crippen molar-refractivity contribution >= 4 is 41.4 Å².